The number of nitrogens with one attached hydrogen (secondary N) is 1. The molecule has 0 saturated heterocycles. The quantitative estimate of drug-likeness (QED) is 0.628. The van der Waals surface area contributed by atoms with E-state index < -0.39 is 6.04 Å². The number of hydrazine groups is 1. The summed E-state index contributed by atoms with van der Waals surface area (Å²) >= 11 is 6.03. The van der Waals surface area contributed by atoms with E-state index in [4.69, 9.17) is 11.6 Å². The van der Waals surface area contributed by atoms with Gasteiger partial charge in [-0.2, -0.15) is 0 Å². The van der Waals surface area contributed by atoms with Gasteiger partial charge in [-0.25, -0.2) is 10.2 Å². The molecule has 1 unspecified atom stereocenters. The van der Waals surface area contributed by atoms with Crippen molar-refractivity contribution in [3.05, 3.63) is 41.6 Å². The van der Waals surface area contributed by atoms with Gasteiger partial charge in [0.1, 0.15) is 11.2 Å². The van der Waals surface area contributed by atoms with Crippen LogP contribution in [0.5, 0.6) is 0 Å². The number of ether oxygens (including phenoxy) is 1. The number of hydrogen-bond donors (Lipinski definition) is 1. The Balaban J connectivity index is 2.17. The molecule has 1 aliphatic heterocycles. The van der Waals surface area contributed by atoms with Crippen molar-refractivity contribution >= 4 is 23.3 Å². The second-order valence-electron chi connectivity index (χ2n) is 3.29. The van der Waals surface area contributed by atoms with Gasteiger partial charge in [-0.1, -0.05) is 29.8 Å². The summed E-state index contributed by atoms with van der Waals surface area (Å²) in [6.07, 6.45) is 1.61. The Hall–Kier alpha value is -1.52. The normalized spacial score (nSPS) is 19.5. The van der Waals surface area contributed by atoms with Gasteiger partial charge in [0.25, 0.3) is 0 Å². The average molecular weight is 239 g/mol. The number of nitrogens with zero attached hydrogens (tertiary/aromatic N) is 1. The maximum absolute atomic E-state index is 11.3. The van der Waals surface area contributed by atoms with Gasteiger partial charge >= 0.3 is 5.97 Å². The first-order chi connectivity index (χ1) is 7.72. The second kappa shape index (κ2) is 4.55. The molecule has 1 atom stereocenters. The lowest BCUT2D eigenvalue weighted by Crippen LogP contribution is -2.41. The van der Waals surface area contributed by atoms with Crippen LogP contribution in [0.25, 0.3) is 0 Å². The summed E-state index contributed by atoms with van der Waals surface area (Å²) in [5.74, 6) is -0.364. The number of hydrogen-bond acceptors (Lipinski definition) is 4. The van der Waals surface area contributed by atoms with Crippen LogP contribution in [0, 0.1) is 0 Å². The maximum atomic E-state index is 11.3. The van der Waals surface area contributed by atoms with Crippen molar-refractivity contribution in [2.45, 2.75) is 6.04 Å². The first-order valence-corrected chi connectivity index (χ1v) is 5.16. The third kappa shape index (κ3) is 2.03. The highest BCUT2D eigenvalue weighted by Crippen LogP contribution is 2.24. The monoisotopic (exact) mass is 238 g/mol. The lowest BCUT2D eigenvalue weighted by atomic mass is 10.3. The molecule has 4 nitrogen and oxygen atoms in total. The predicted molar refractivity (Wildman–Crippen MR) is 61.8 cm³/mol. The minimum atomic E-state index is -0.530. The van der Waals surface area contributed by atoms with Crippen LogP contribution < -0.4 is 10.4 Å². The average Bonchev–Trinajstić information content (AvgIpc) is 2.71. The van der Waals surface area contributed by atoms with Crippen molar-refractivity contribution in [1.29, 1.82) is 0 Å². The molecular weight excluding hydrogens is 228 g/mol. The highest BCUT2D eigenvalue weighted by Gasteiger charge is 2.28. The molecular formula is C11H11ClN2O2. The van der Waals surface area contributed by atoms with E-state index in [0.717, 1.165) is 5.69 Å². The van der Waals surface area contributed by atoms with Crippen molar-refractivity contribution in [2.24, 2.45) is 0 Å². The highest BCUT2D eigenvalue weighted by molar-refractivity contribution is 6.31. The Morgan fingerprint density at radius 3 is 2.75 bits per heavy atom. The molecule has 0 aromatic heterocycles. The van der Waals surface area contributed by atoms with E-state index in [-0.39, 0.29) is 5.97 Å². The van der Waals surface area contributed by atoms with E-state index in [1.165, 1.54) is 7.11 Å². The molecule has 0 amide bonds. The molecule has 0 bridgehead atoms. The third-order valence-corrected chi connectivity index (χ3v) is 2.55. The number of para-hydroxylation sites is 1. The molecule has 84 valence electrons. The van der Waals surface area contributed by atoms with E-state index in [0.29, 0.717) is 5.16 Å². The van der Waals surface area contributed by atoms with Crippen molar-refractivity contribution in [3.63, 3.8) is 0 Å². The summed E-state index contributed by atoms with van der Waals surface area (Å²) in [6.45, 7) is 0. The van der Waals surface area contributed by atoms with Gasteiger partial charge < -0.3 is 4.74 Å². The topological polar surface area (TPSA) is 41.6 Å². The molecule has 1 aromatic rings. The van der Waals surface area contributed by atoms with Crippen LogP contribution in [0.15, 0.2) is 41.6 Å². The molecule has 5 heteroatoms. The summed E-state index contributed by atoms with van der Waals surface area (Å²) in [5, 5.41) is 2.10. The molecule has 0 fully saturated rings. The van der Waals surface area contributed by atoms with E-state index in [1.807, 2.05) is 30.3 Å². The molecule has 0 aliphatic carbocycles. The van der Waals surface area contributed by atoms with Crippen molar-refractivity contribution in [1.82, 2.24) is 5.43 Å². The van der Waals surface area contributed by atoms with Gasteiger partial charge in [-0.3, -0.25) is 5.01 Å². The number of carbonyl (C=O) groups is 1. The SMILES string of the molecule is COC(=O)C1C=C(Cl)N(c2ccccc2)N1. The van der Waals surface area contributed by atoms with Crippen molar-refractivity contribution in [3.8, 4) is 0 Å². The van der Waals surface area contributed by atoms with Crippen molar-refractivity contribution < 1.29 is 9.53 Å². The van der Waals surface area contributed by atoms with E-state index in [1.54, 1.807) is 11.1 Å². The molecule has 0 saturated carbocycles. The molecule has 16 heavy (non-hydrogen) atoms. The fourth-order valence-corrected chi connectivity index (χ4v) is 1.75. The Bertz CT molecular complexity index is 419. The zero-order valence-electron chi connectivity index (χ0n) is 8.68. The minimum absolute atomic E-state index is 0.364. The van der Waals surface area contributed by atoms with Gasteiger partial charge in [0.2, 0.25) is 0 Å². The molecule has 2 rings (SSSR count). The fraction of sp³-hybridized carbons (Fsp3) is 0.182. The van der Waals surface area contributed by atoms with Crippen LogP contribution in [0.4, 0.5) is 5.69 Å². The molecule has 1 N–H and O–H groups in total. The van der Waals surface area contributed by atoms with Crippen LogP contribution in [0.2, 0.25) is 0 Å². The largest absolute Gasteiger partial charge is 0.468 e. The maximum Gasteiger partial charge on any atom is 0.328 e. The number of methoxy groups -OCH3 is 1. The Morgan fingerprint density at radius 2 is 2.12 bits per heavy atom. The van der Waals surface area contributed by atoms with Crippen LogP contribution in [-0.4, -0.2) is 19.1 Å². The molecule has 0 radical (unpaired) electrons. The van der Waals surface area contributed by atoms with Crippen LogP contribution >= 0.6 is 11.6 Å². The van der Waals surface area contributed by atoms with Gasteiger partial charge in [0.15, 0.2) is 0 Å². The number of benzene rings is 1. The number of anilines is 1. The van der Waals surface area contributed by atoms with Gasteiger partial charge in [0, 0.05) is 0 Å². The van der Waals surface area contributed by atoms with Crippen molar-refractivity contribution in [2.75, 3.05) is 12.1 Å². The lowest BCUT2D eigenvalue weighted by Gasteiger charge is -2.20. The van der Waals surface area contributed by atoms with E-state index >= 15 is 0 Å². The van der Waals surface area contributed by atoms with Crippen LogP contribution in [0.1, 0.15) is 0 Å². The van der Waals surface area contributed by atoms with E-state index in [2.05, 4.69) is 10.2 Å². The number of halogens is 1. The van der Waals surface area contributed by atoms with Crippen LogP contribution in [0.3, 0.4) is 0 Å². The fourth-order valence-electron chi connectivity index (χ4n) is 1.47. The summed E-state index contributed by atoms with van der Waals surface area (Å²) in [7, 11) is 1.34. The van der Waals surface area contributed by atoms with Gasteiger partial charge in [0.05, 0.1) is 12.8 Å². The summed E-state index contributed by atoms with van der Waals surface area (Å²) in [5.41, 5.74) is 3.81. The summed E-state index contributed by atoms with van der Waals surface area (Å²) in [4.78, 5) is 11.3. The third-order valence-electron chi connectivity index (χ3n) is 2.26. The first kappa shape index (κ1) is 11.0. The highest BCUT2D eigenvalue weighted by atomic mass is 35.5. The van der Waals surface area contributed by atoms with Crippen LogP contribution in [-0.2, 0) is 9.53 Å². The smallest absolute Gasteiger partial charge is 0.328 e. The zero-order chi connectivity index (χ0) is 11.5. The minimum Gasteiger partial charge on any atom is -0.468 e. The Morgan fingerprint density at radius 1 is 1.44 bits per heavy atom. The molecule has 0 spiro atoms. The Kier molecular flexibility index (Phi) is 3.12. The summed E-state index contributed by atoms with van der Waals surface area (Å²) in [6, 6.07) is 8.96. The van der Waals surface area contributed by atoms with Gasteiger partial charge in [-0.15, -0.1) is 0 Å². The summed E-state index contributed by atoms with van der Waals surface area (Å²) < 4.78 is 4.64. The first-order valence-electron chi connectivity index (χ1n) is 4.79. The Labute approximate surface area is 98.4 Å². The molecule has 1 aliphatic rings. The van der Waals surface area contributed by atoms with Gasteiger partial charge in [-0.05, 0) is 18.2 Å². The molecule has 1 aromatic carbocycles. The second-order valence-corrected chi connectivity index (χ2v) is 3.68. The lowest BCUT2D eigenvalue weighted by molar-refractivity contribution is -0.141. The zero-order valence-corrected chi connectivity index (χ0v) is 9.44. The molecule has 1 heterocycles. The number of rotatable bonds is 2. The number of esters is 1. The van der Waals surface area contributed by atoms with E-state index in [9.17, 15) is 4.79 Å². The predicted octanol–water partition coefficient (Wildman–Crippen LogP) is 1.63. The standard InChI is InChI=1S/C11H11ClN2O2/c1-16-11(15)9-7-10(12)14(13-9)8-5-3-2-4-6-8/h2-7,9,13H,1H3. The number of carbonyl (C=O) groups excluding carboxylic acids is 1.